The Labute approximate surface area is 135 Å². The zero-order chi connectivity index (χ0) is 14.9. The molecule has 0 aromatic carbocycles. The lowest BCUT2D eigenvalue weighted by molar-refractivity contribution is -0.133. The van der Waals surface area contributed by atoms with Crippen molar-refractivity contribution < 1.29 is 9.53 Å². The van der Waals surface area contributed by atoms with Crippen LogP contribution in [0.3, 0.4) is 0 Å². The molecule has 2 aliphatic heterocycles. The monoisotopic (exact) mass is 320 g/mol. The molecule has 0 radical (unpaired) electrons. The second kappa shape index (κ2) is 6.30. The Hall–Kier alpha value is -0.910. The number of carbonyl (C=O) groups excluding carboxylic acids is 1. The van der Waals surface area contributed by atoms with E-state index < -0.39 is 0 Å². The lowest BCUT2D eigenvalue weighted by Crippen LogP contribution is -2.43. The summed E-state index contributed by atoms with van der Waals surface area (Å²) in [5.74, 6) is 1.58. The molecule has 1 aromatic rings. The average molecular weight is 320 g/mol. The van der Waals surface area contributed by atoms with Crippen LogP contribution in [-0.2, 0) is 16.1 Å². The molecular formula is C17H24N2O2S. The highest BCUT2D eigenvalue weighted by atomic mass is 32.1. The van der Waals surface area contributed by atoms with Crippen molar-refractivity contribution in [3.63, 3.8) is 0 Å². The van der Waals surface area contributed by atoms with Gasteiger partial charge in [-0.2, -0.15) is 0 Å². The van der Waals surface area contributed by atoms with E-state index in [4.69, 9.17) is 4.74 Å². The number of thiophene rings is 1. The van der Waals surface area contributed by atoms with Crippen molar-refractivity contribution in [1.29, 1.82) is 0 Å². The van der Waals surface area contributed by atoms with Crippen molar-refractivity contribution in [2.45, 2.75) is 44.4 Å². The standard InChI is InChI=1S/C17H24N2O2S/c20-17(18-9-14-2-1-7-22-14)15-8-13-5-6-19(10-12-3-4-12)11-16(13)21-15/h1-2,7,12-13,15-16H,3-6,8-11H2,(H,18,20)/t13-,15-,16+/m0/s1. The molecule has 2 saturated heterocycles. The summed E-state index contributed by atoms with van der Waals surface area (Å²) in [6.07, 6.45) is 4.92. The van der Waals surface area contributed by atoms with E-state index in [1.807, 2.05) is 11.4 Å². The molecule has 1 saturated carbocycles. The Balaban J connectivity index is 1.27. The number of likely N-dealkylation sites (tertiary alicyclic amines) is 1. The third-order valence-electron chi connectivity index (χ3n) is 5.16. The summed E-state index contributed by atoms with van der Waals surface area (Å²) in [5.41, 5.74) is 0. The average Bonchev–Trinajstić information content (AvgIpc) is 3.04. The Morgan fingerprint density at radius 2 is 2.32 bits per heavy atom. The lowest BCUT2D eigenvalue weighted by atomic mass is 9.91. The summed E-state index contributed by atoms with van der Waals surface area (Å²) in [4.78, 5) is 16.0. The van der Waals surface area contributed by atoms with Gasteiger partial charge in [-0.3, -0.25) is 4.79 Å². The number of rotatable bonds is 5. The predicted octanol–water partition coefficient (Wildman–Crippen LogP) is 2.25. The minimum absolute atomic E-state index is 0.0662. The number of nitrogens with zero attached hydrogens (tertiary/aromatic N) is 1. The van der Waals surface area contributed by atoms with Gasteiger partial charge >= 0.3 is 0 Å². The van der Waals surface area contributed by atoms with Crippen molar-refractivity contribution in [2.75, 3.05) is 19.6 Å². The molecule has 0 unspecified atom stereocenters. The van der Waals surface area contributed by atoms with Gasteiger partial charge in [0.25, 0.3) is 0 Å². The van der Waals surface area contributed by atoms with Gasteiger partial charge < -0.3 is 15.0 Å². The van der Waals surface area contributed by atoms with Crippen molar-refractivity contribution in [1.82, 2.24) is 10.2 Å². The van der Waals surface area contributed by atoms with E-state index in [0.29, 0.717) is 12.5 Å². The first-order valence-electron chi connectivity index (χ1n) is 8.46. The van der Waals surface area contributed by atoms with Gasteiger partial charge in [-0.25, -0.2) is 0 Å². The minimum atomic E-state index is -0.240. The third kappa shape index (κ3) is 3.36. The van der Waals surface area contributed by atoms with E-state index in [1.165, 1.54) is 37.2 Å². The SMILES string of the molecule is O=C(NCc1cccs1)[C@@H]1C[C@@H]2CCN(CC3CC3)C[C@H]2O1. The molecule has 1 amide bonds. The number of fused-ring (bicyclic) bond motifs is 1. The van der Waals surface area contributed by atoms with Gasteiger partial charge in [0.05, 0.1) is 12.6 Å². The molecule has 3 fully saturated rings. The zero-order valence-corrected chi connectivity index (χ0v) is 13.7. The molecule has 3 heterocycles. The molecule has 1 aromatic heterocycles. The third-order valence-corrected chi connectivity index (χ3v) is 6.04. The number of ether oxygens (including phenoxy) is 1. The molecule has 4 rings (SSSR count). The van der Waals surface area contributed by atoms with Crippen LogP contribution in [0.1, 0.15) is 30.6 Å². The summed E-state index contributed by atoms with van der Waals surface area (Å²) in [6.45, 7) is 4.07. The van der Waals surface area contributed by atoms with E-state index in [9.17, 15) is 4.79 Å². The van der Waals surface area contributed by atoms with E-state index in [-0.39, 0.29) is 18.1 Å². The van der Waals surface area contributed by atoms with E-state index >= 15 is 0 Å². The number of hydrogen-bond donors (Lipinski definition) is 1. The molecule has 3 atom stereocenters. The molecule has 4 nitrogen and oxygen atoms in total. The quantitative estimate of drug-likeness (QED) is 0.905. The number of amides is 1. The first-order chi connectivity index (χ1) is 10.8. The maximum absolute atomic E-state index is 12.3. The highest BCUT2D eigenvalue weighted by Crippen LogP contribution is 2.36. The van der Waals surface area contributed by atoms with Gasteiger partial charge in [-0.05, 0) is 55.5 Å². The van der Waals surface area contributed by atoms with Crippen LogP contribution < -0.4 is 5.32 Å². The molecule has 1 N–H and O–H groups in total. The fourth-order valence-corrected chi connectivity index (χ4v) is 4.34. The largest absolute Gasteiger partial charge is 0.364 e. The summed E-state index contributed by atoms with van der Waals surface area (Å²) in [5, 5.41) is 5.06. The molecule has 1 aliphatic carbocycles. The summed E-state index contributed by atoms with van der Waals surface area (Å²) < 4.78 is 6.08. The van der Waals surface area contributed by atoms with Crippen LogP contribution in [0.5, 0.6) is 0 Å². The summed E-state index contributed by atoms with van der Waals surface area (Å²) >= 11 is 1.68. The van der Waals surface area contributed by atoms with Gasteiger partial charge in [0.1, 0.15) is 6.10 Å². The van der Waals surface area contributed by atoms with E-state index in [1.54, 1.807) is 11.3 Å². The molecular weight excluding hydrogens is 296 g/mol. The van der Waals surface area contributed by atoms with Gasteiger partial charge in [0.2, 0.25) is 5.91 Å². The fraction of sp³-hybridized carbons (Fsp3) is 0.706. The highest BCUT2D eigenvalue weighted by Gasteiger charge is 2.42. The van der Waals surface area contributed by atoms with Crippen LogP contribution in [0.2, 0.25) is 0 Å². The van der Waals surface area contributed by atoms with Crippen LogP contribution >= 0.6 is 11.3 Å². The van der Waals surface area contributed by atoms with Gasteiger partial charge in [0, 0.05) is 18.0 Å². The molecule has 22 heavy (non-hydrogen) atoms. The zero-order valence-electron chi connectivity index (χ0n) is 12.9. The molecule has 5 heteroatoms. The van der Waals surface area contributed by atoms with Crippen molar-refractivity contribution in [3.05, 3.63) is 22.4 Å². The number of piperidine rings is 1. The maximum Gasteiger partial charge on any atom is 0.249 e. The van der Waals surface area contributed by atoms with Crippen LogP contribution in [0.4, 0.5) is 0 Å². The molecule has 0 spiro atoms. The van der Waals surface area contributed by atoms with Crippen LogP contribution in [-0.4, -0.2) is 42.6 Å². The van der Waals surface area contributed by atoms with Crippen molar-refractivity contribution >= 4 is 17.2 Å². The normalized spacial score (nSPS) is 31.9. The van der Waals surface area contributed by atoms with Gasteiger partial charge in [0.15, 0.2) is 0 Å². The topological polar surface area (TPSA) is 41.6 Å². The van der Waals surface area contributed by atoms with Crippen LogP contribution in [0.25, 0.3) is 0 Å². The van der Waals surface area contributed by atoms with Gasteiger partial charge in [-0.15, -0.1) is 11.3 Å². The van der Waals surface area contributed by atoms with Crippen LogP contribution in [0.15, 0.2) is 17.5 Å². The van der Waals surface area contributed by atoms with E-state index in [2.05, 4.69) is 16.3 Å². The number of carbonyl (C=O) groups is 1. The van der Waals surface area contributed by atoms with E-state index in [0.717, 1.165) is 18.9 Å². The molecule has 0 bridgehead atoms. The Kier molecular flexibility index (Phi) is 4.20. The Morgan fingerprint density at radius 3 is 3.09 bits per heavy atom. The summed E-state index contributed by atoms with van der Waals surface area (Å²) in [6, 6.07) is 4.07. The maximum atomic E-state index is 12.3. The first kappa shape index (κ1) is 14.7. The van der Waals surface area contributed by atoms with Gasteiger partial charge in [-0.1, -0.05) is 6.07 Å². The van der Waals surface area contributed by atoms with Crippen molar-refractivity contribution in [3.8, 4) is 0 Å². The number of hydrogen-bond acceptors (Lipinski definition) is 4. The van der Waals surface area contributed by atoms with Crippen molar-refractivity contribution in [2.24, 2.45) is 11.8 Å². The smallest absolute Gasteiger partial charge is 0.249 e. The predicted molar refractivity (Wildman–Crippen MR) is 86.7 cm³/mol. The fourth-order valence-electron chi connectivity index (χ4n) is 3.70. The first-order valence-corrected chi connectivity index (χ1v) is 9.34. The summed E-state index contributed by atoms with van der Waals surface area (Å²) in [7, 11) is 0. The Bertz CT molecular complexity index is 515. The second-order valence-corrected chi connectivity index (χ2v) is 7.98. The second-order valence-electron chi connectivity index (χ2n) is 6.95. The minimum Gasteiger partial charge on any atom is -0.364 e. The Morgan fingerprint density at radius 1 is 1.41 bits per heavy atom. The number of nitrogens with one attached hydrogen (secondary N) is 1. The highest BCUT2D eigenvalue weighted by molar-refractivity contribution is 7.09. The van der Waals surface area contributed by atoms with Crippen LogP contribution in [0, 0.1) is 11.8 Å². The lowest BCUT2D eigenvalue weighted by Gasteiger charge is -2.34. The molecule has 120 valence electrons. The molecule has 3 aliphatic rings.